The van der Waals surface area contributed by atoms with Gasteiger partial charge in [0, 0.05) is 5.70 Å². The van der Waals surface area contributed by atoms with Gasteiger partial charge in [-0.1, -0.05) is 66.7 Å². The summed E-state index contributed by atoms with van der Waals surface area (Å²) in [4.78, 5) is 13.1. The van der Waals surface area contributed by atoms with Crippen LogP contribution >= 0.6 is 12.2 Å². The van der Waals surface area contributed by atoms with Gasteiger partial charge >= 0.3 is 5.97 Å². The minimum absolute atomic E-state index is 0.184. The zero-order valence-electron chi connectivity index (χ0n) is 19.0. The molecule has 0 spiro atoms. The number of thiocarbonyl (C=S) groups is 1. The SMILES string of the molecule is COc1cc([C@@H]2NC(=S)NC(C)=C2C(=O)OCc2ccccc2)ccc1OCc1ccccc1. The summed E-state index contributed by atoms with van der Waals surface area (Å²) in [5, 5.41) is 6.65. The van der Waals surface area contributed by atoms with Crippen molar-refractivity contribution in [1.29, 1.82) is 0 Å². The molecule has 4 rings (SSSR count). The molecule has 0 amide bonds. The Morgan fingerprint density at radius 2 is 1.56 bits per heavy atom. The number of rotatable bonds is 8. The molecule has 2 N–H and O–H groups in total. The Bertz CT molecular complexity index is 1200. The van der Waals surface area contributed by atoms with Gasteiger partial charge in [0.1, 0.15) is 13.2 Å². The van der Waals surface area contributed by atoms with Crippen LogP contribution < -0.4 is 20.1 Å². The molecule has 1 aliphatic rings. The van der Waals surface area contributed by atoms with Crippen molar-refractivity contribution in [3.8, 4) is 11.5 Å². The number of allylic oxidation sites excluding steroid dienone is 1. The minimum atomic E-state index is -0.492. The zero-order chi connectivity index (χ0) is 23.9. The molecule has 34 heavy (non-hydrogen) atoms. The monoisotopic (exact) mass is 474 g/mol. The Hall–Kier alpha value is -3.84. The van der Waals surface area contributed by atoms with E-state index in [1.165, 1.54) is 0 Å². The van der Waals surface area contributed by atoms with Crippen molar-refractivity contribution in [3.05, 3.63) is 107 Å². The summed E-state index contributed by atoms with van der Waals surface area (Å²) in [5.41, 5.74) is 3.89. The Labute approximate surface area is 204 Å². The second kappa shape index (κ2) is 10.9. The van der Waals surface area contributed by atoms with Gasteiger partial charge in [-0.3, -0.25) is 0 Å². The molecule has 7 heteroatoms. The summed E-state index contributed by atoms with van der Waals surface area (Å²) < 4.78 is 17.2. The predicted octanol–water partition coefficient (Wildman–Crippen LogP) is 4.81. The molecule has 1 aliphatic heterocycles. The summed E-state index contributed by atoms with van der Waals surface area (Å²) in [6.45, 7) is 2.42. The van der Waals surface area contributed by atoms with Crippen molar-refractivity contribution in [1.82, 2.24) is 10.6 Å². The van der Waals surface area contributed by atoms with Crippen molar-refractivity contribution >= 4 is 23.3 Å². The summed E-state index contributed by atoms with van der Waals surface area (Å²) in [6.07, 6.45) is 0. The van der Waals surface area contributed by atoms with Crippen LogP contribution in [0.15, 0.2) is 90.1 Å². The normalized spacial score (nSPS) is 15.2. The van der Waals surface area contributed by atoms with Crippen LogP contribution in [0.5, 0.6) is 11.5 Å². The van der Waals surface area contributed by atoms with Crippen LogP contribution in [0.3, 0.4) is 0 Å². The zero-order valence-corrected chi connectivity index (χ0v) is 19.9. The number of nitrogens with one attached hydrogen (secondary N) is 2. The fourth-order valence-corrected chi connectivity index (χ4v) is 4.00. The molecule has 6 nitrogen and oxygen atoms in total. The first-order valence-corrected chi connectivity index (χ1v) is 11.3. The summed E-state index contributed by atoms with van der Waals surface area (Å²) in [6, 6.07) is 24.6. The number of esters is 1. The van der Waals surface area contributed by atoms with Crippen LogP contribution in [0.1, 0.15) is 29.7 Å². The number of hydrogen-bond acceptors (Lipinski definition) is 5. The molecule has 0 radical (unpaired) electrons. The fraction of sp³-hybridized carbons (Fsp3) is 0.185. The molecule has 0 fully saturated rings. The maximum atomic E-state index is 13.1. The van der Waals surface area contributed by atoms with Crippen molar-refractivity contribution in [3.63, 3.8) is 0 Å². The van der Waals surface area contributed by atoms with Crippen molar-refractivity contribution in [2.45, 2.75) is 26.2 Å². The molecular formula is C27H26N2O4S. The Morgan fingerprint density at radius 3 is 2.21 bits per heavy atom. The minimum Gasteiger partial charge on any atom is -0.493 e. The first kappa shape index (κ1) is 23.3. The predicted molar refractivity (Wildman–Crippen MR) is 134 cm³/mol. The lowest BCUT2D eigenvalue weighted by atomic mass is 9.95. The van der Waals surface area contributed by atoms with Gasteiger partial charge in [-0.05, 0) is 48.0 Å². The summed E-state index contributed by atoms with van der Waals surface area (Å²) >= 11 is 5.36. The van der Waals surface area contributed by atoms with E-state index in [0.717, 1.165) is 16.7 Å². The Balaban J connectivity index is 1.55. The molecule has 0 bridgehead atoms. The maximum absolute atomic E-state index is 13.1. The van der Waals surface area contributed by atoms with Crippen molar-refractivity contribution in [2.75, 3.05) is 7.11 Å². The highest BCUT2D eigenvalue weighted by Gasteiger charge is 2.31. The molecule has 0 aromatic heterocycles. The van der Waals surface area contributed by atoms with Crippen LogP contribution in [0.2, 0.25) is 0 Å². The second-order valence-corrected chi connectivity index (χ2v) is 8.22. The lowest BCUT2D eigenvalue weighted by molar-refractivity contribution is -0.140. The molecule has 0 saturated heterocycles. The Kier molecular flexibility index (Phi) is 7.44. The van der Waals surface area contributed by atoms with Gasteiger partial charge in [0.05, 0.1) is 18.7 Å². The van der Waals surface area contributed by atoms with E-state index in [1.54, 1.807) is 7.11 Å². The number of methoxy groups -OCH3 is 1. The van der Waals surface area contributed by atoms with Gasteiger partial charge in [-0.2, -0.15) is 0 Å². The standard InChI is InChI=1S/C27H26N2O4S/c1-18-24(26(30)33-17-20-11-7-4-8-12-20)25(29-27(34)28-18)21-13-14-22(23(15-21)31-2)32-16-19-9-5-3-6-10-19/h3-15,25H,16-17H2,1-2H3,(H2,28,29,34)/t25-/m0/s1. The van der Waals surface area contributed by atoms with Crippen LogP contribution in [-0.4, -0.2) is 18.2 Å². The van der Waals surface area contributed by atoms with E-state index in [4.69, 9.17) is 26.4 Å². The van der Waals surface area contributed by atoms with Gasteiger partial charge in [0.25, 0.3) is 0 Å². The highest BCUT2D eigenvalue weighted by Crippen LogP contribution is 2.35. The van der Waals surface area contributed by atoms with E-state index in [0.29, 0.717) is 34.5 Å². The molecular weight excluding hydrogens is 448 g/mol. The average Bonchev–Trinajstić information content (AvgIpc) is 2.86. The van der Waals surface area contributed by atoms with Gasteiger partial charge in [-0.25, -0.2) is 4.79 Å². The first-order valence-electron chi connectivity index (χ1n) is 10.9. The maximum Gasteiger partial charge on any atom is 0.338 e. The van der Waals surface area contributed by atoms with Crippen LogP contribution in [0.25, 0.3) is 0 Å². The molecule has 174 valence electrons. The number of ether oxygens (including phenoxy) is 3. The molecule has 0 unspecified atom stereocenters. The van der Waals surface area contributed by atoms with E-state index >= 15 is 0 Å². The van der Waals surface area contributed by atoms with Crippen molar-refractivity contribution < 1.29 is 19.0 Å². The Morgan fingerprint density at radius 1 is 0.912 bits per heavy atom. The smallest absolute Gasteiger partial charge is 0.338 e. The number of carbonyl (C=O) groups excluding carboxylic acids is 1. The quantitative estimate of drug-likeness (QED) is 0.359. The number of carbonyl (C=O) groups is 1. The number of hydrogen-bond donors (Lipinski definition) is 2. The van der Waals surface area contributed by atoms with E-state index < -0.39 is 12.0 Å². The van der Waals surface area contributed by atoms with Crippen molar-refractivity contribution in [2.24, 2.45) is 0 Å². The van der Waals surface area contributed by atoms with Crippen LogP contribution in [0, 0.1) is 0 Å². The summed E-state index contributed by atoms with van der Waals surface area (Å²) in [7, 11) is 1.59. The van der Waals surface area contributed by atoms with Gasteiger partial charge in [0.2, 0.25) is 0 Å². The first-order chi connectivity index (χ1) is 16.5. The van der Waals surface area contributed by atoms with E-state index in [2.05, 4.69) is 10.6 Å². The highest BCUT2D eigenvalue weighted by molar-refractivity contribution is 7.80. The summed E-state index contributed by atoms with van der Waals surface area (Å²) in [5.74, 6) is 0.757. The lowest BCUT2D eigenvalue weighted by Crippen LogP contribution is -2.45. The largest absolute Gasteiger partial charge is 0.493 e. The van der Waals surface area contributed by atoms with E-state index in [-0.39, 0.29) is 6.61 Å². The molecule has 0 saturated carbocycles. The lowest BCUT2D eigenvalue weighted by Gasteiger charge is -2.30. The topological polar surface area (TPSA) is 68.8 Å². The molecule has 1 atom stereocenters. The average molecular weight is 475 g/mol. The van der Waals surface area contributed by atoms with E-state index in [1.807, 2.05) is 85.8 Å². The second-order valence-electron chi connectivity index (χ2n) is 7.82. The molecule has 3 aromatic carbocycles. The van der Waals surface area contributed by atoms with Gasteiger partial charge < -0.3 is 24.8 Å². The van der Waals surface area contributed by atoms with Crippen LogP contribution in [-0.2, 0) is 22.7 Å². The number of benzene rings is 3. The van der Waals surface area contributed by atoms with E-state index in [9.17, 15) is 4.79 Å². The van der Waals surface area contributed by atoms with Gasteiger partial charge in [-0.15, -0.1) is 0 Å². The van der Waals surface area contributed by atoms with Crippen LogP contribution in [0.4, 0.5) is 0 Å². The highest BCUT2D eigenvalue weighted by atomic mass is 32.1. The fourth-order valence-electron chi connectivity index (χ4n) is 3.73. The van der Waals surface area contributed by atoms with Gasteiger partial charge in [0.15, 0.2) is 16.6 Å². The third-order valence-corrected chi connectivity index (χ3v) is 5.68. The molecule has 0 aliphatic carbocycles. The third-order valence-electron chi connectivity index (χ3n) is 5.46. The molecule has 3 aromatic rings. The molecule has 1 heterocycles. The third kappa shape index (κ3) is 5.55.